The van der Waals surface area contributed by atoms with Crippen LogP contribution in [0.5, 0.6) is 11.5 Å². The maximum absolute atomic E-state index is 12.7. The molecular weight excluding hydrogens is 392 g/mol. The summed E-state index contributed by atoms with van der Waals surface area (Å²) in [4.78, 5) is 25.0. The van der Waals surface area contributed by atoms with Crippen molar-refractivity contribution in [2.75, 3.05) is 18.2 Å². The molecule has 6 nitrogen and oxygen atoms in total. The van der Waals surface area contributed by atoms with Gasteiger partial charge in [0.05, 0.1) is 18.9 Å². The molecule has 1 heterocycles. The molecule has 1 aliphatic heterocycles. The second-order valence-electron chi connectivity index (χ2n) is 6.91. The van der Waals surface area contributed by atoms with E-state index >= 15 is 0 Å². The normalized spacial score (nSPS) is 14.6. The van der Waals surface area contributed by atoms with Gasteiger partial charge in [-0.3, -0.25) is 15.0 Å². The zero-order chi connectivity index (χ0) is 21.5. The summed E-state index contributed by atoms with van der Waals surface area (Å²) in [5.74, 6) is 0.679. The van der Waals surface area contributed by atoms with Gasteiger partial charge in [0.2, 0.25) is 0 Å². The first-order valence-electron chi connectivity index (χ1n) is 10.0. The summed E-state index contributed by atoms with van der Waals surface area (Å²) < 4.78 is 11.4. The molecule has 1 fully saturated rings. The van der Waals surface area contributed by atoms with Crippen LogP contribution in [0.25, 0.3) is 6.08 Å². The summed E-state index contributed by atoms with van der Waals surface area (Å²) >= 11 is 0. The Balaban J connectivity index is 1.35. The number of carbonyl (C=O) groups is 2. The van der Waals surface area contributed by atoms with Gasteiger partial charge in [-0.2, -0.15) is 0 Å². The first-order valence-corrected chi connectivity index (χ1v) is 10.0. The molecular formula is C25H22N2O4. The molecule has 0 aromatic heterocycles. The van der Waals surface area contributed by atoms with Gasteiger partial charge in [0, 0.05) is 6.42 Å². The minimum absolute atomic E-state index is 0.0808. The van der Waals surface area contributed by atoms with Gasteiger partial charge in [-0.25, -0.2) is 5.01 Å². The molecule has 3 aromatic rings. The predicted octanol–water partition coefficient (Wildman–Crippen LogP) is 4.00. The van der Waals surface area contributed by atoms with Crippen molar-refractivity contribution < 1.29 is 19.1 Å². The fraction of sp³-hybridized carbons (Fsp3) is 0.120. The molecule has 0 unspecified atom stereocenters. The Morgan fingerprint density at radius 1 is 0.774 bits per heavy atom. The van der Waals surface area contributed by atoms with Gasteiger partial charge in [0.15, 0.2) is 0 Å². The molecule has 3 aromatic carbocycles. The number of hydrazine groups is 1. The molecule has 0 aliphatic carbocycles. The van der Waals surface area contributed by atoms with E-state index in [4.69, 9.17) is 9.47 Å². The molecule has 1 saturated heterocycles. The van der Waals surface area contributed by atoms with Crippen molar-refractivity contribution in [2.45, 2.75) is 6.42 Å². The lowest BCUT2D eigenvalue weighted by molar-refractivity contribution is -0.117. The Morgan fingerprint density at radius 2 is 1.42 bits per heavy atom. The van der Waals surface area contributed by atoms with E-state index in [0.717, 1.165) is 12.2 Å². The van der Waals surface area contributed by atoms with Crippen molar-refractivity contribution >= 4 is 23.6 Å². The third kappa shape index (κ3) is 5.11. The standard InChI is InChI=1S/C25H22N2O4/c28-24-23(25(29)27(26-24)20-10-3-1-4-11-20)18-19-9-7-14-22(17-19)31-16-8-15-30-21-12-5-2-6-13-21/h1-7,9-14,17-18H,8,15-16H2,(H,26,28). The molecule has 4 rings (SSSR count). The lowest BCUT2D eigenvalue weighted by Crippen LogP contribution is -2.35. The minimum atomic E-state index is -0.432. The van der Waals surface area contributed by atoms with Gasteiger partial charge >= 0.3 is 0 Å². The van der Waals surface area contributed by atoms with E-state index in [1.807, 2.05) is 66.7 Å². The number of benzene rings is 3. The summed E-state index contributed by atoms with van der Waals surface area (Å²) in [6.07, 6.45) is 2.30. The number of rotatable bonds is 8. The van der Waals surface area contributed by atoms with Gasteiger partial charge in [-0.05, 0) is 48.0 Å². The SMILES string of the molecule is O=C1NN(c2ccccc2)C(=O)C1=Cc1cccc(OCCCOc2ccccc2)c1. The second-order valence-corrected chi connectivity index (χ2v) is 6.91. The van der Waals surface area contributed by atoms with Crippen LogP contribution in [0.3, 0.4) is 0 Å². The lowest BCUT2D eigenvalue weighted by Gasteiger charge is -2.13. The quantitative estimate of drug-likeness (QED) is 0.344. The number of amides is 2. The van der Waals surface area contributed by atoms with Gasteiger partial charge in [0.25, 0.3) is 11.8 Å². The van der Waals surface area contributed by atoms with Gasteiger partial charge < -0.3 is 9.47 Å². The molecule has 156 valence electrons. The van der Waals surface area contributed by atoms with Crippen molar-refractivity contribution in [2.24, 2.45) is 0 Å². The monoisotopic (exact) mass is 414 g/mol. The third-order valence-corrected chi connectivity index (χ3v) is 4.64. The summed E-state index contributed by atoms with van der Waals surface area (Å²) in [7, 11) is 0. The smallest absolute Gasteiger partial charge is 0.282 e. The van der Waals surface area contributed by atoms with Crippen molar-refractivity contribution in [1.82, 2.24) is 5.43 Å². The number of anilines is 1. The number of nitrogens with one attached hydrogen (secondary N) is 1. The molecule has 1 N–H and O–H groups in total. The van der Waals surface area contributed by atoms with Crippen molar-refractivity contribution in [3.05, 3.63) is 96.1 Å². The van der Waals surface area contributed by atoms with Crippen molar-refractivity contribution in [3.8, 4) is 11.5 Å². The lowest BCUT2D eigenvalue weighted by atomic mass is 10.1. The molecule has 6 heteroatoms. The van der Waals surface area contributed by atoms with Gasteiger partial charge in [-0.15, -0.1) is 0 Å². The van der Waals surface area contributed by atoms with Crippen molar-refractivity contribution in [3.63, 3.8) is 0 Å². The van der Waals surface area contributed by atoms with Crippen LogP contribution in [0.15, 0.2) is 90.5 Å². The molecule has 0 atom stereocenters. The summed E-state index contributed by atoms with van der Waals surface area (Å²) in [6, 6.07) is 25.9. The highest BCUT2D eigenvalue weighted by molar-refractivity contribution is 6.31. The molecule has 31 heavy (non-hydrogen) atoms. The van der Waals surface area contributed by atoms with Gasteiger partial charge in [-0.1, -0.05) is 48.5 Å². The highest BCUT2D eigenvalue weighted by atomic mass is 16.5. The Bertz CT molecular complexity index is 1080. The number of hydrogen-bond acceptors (Lipinski definition) is 4. The second kappa shape index (κ2) is 9.63. The molecule has 1 aliphatic rings. The van der Waals surface area contributed by atoms with Crippen LogP contribution in [0.2, 0.25) is 0 Å². The summed E-state index contributed by atoms with van der Waals surface area (Å²) in [5.41, 5.74) is 4.00. The molecule has 0 spiro atoms. The van der Waals surface area contributed by atoms with E-state index in [1.54, 1.807) is 24.3 Å². The topological polar surface area (TPSA) is 67.9 Å². The number of nitrogens with zero attached hydrogens (tertiary/aromatic N) is 1. The van der Waals surface area contributed by atoms with E-state index in [-0.39, 0.29) is 11.5 Å². The maximum atomic E-state index is 12.7. The molecule has 0 saturated carbocycles. The summed E-state index contributed by atoms with van der Waals surface area (Å²) in [6.45, 7) is 1.05. The largest absolute Gasteiger partial charge is 0.493 e. The molecule has 2 amide bonds. The zero-order valence-electron chi connectivity index (χ0n) is 16.9. The maximum Gasteiger partial charge on any atom is 0.282 e. The molecule has 0 radical (unpaired) electrons. The Labute approximate surface area is 180 Å². The van der Waals surface area contributed by atoms with Gasteiger partial charge in [0.1, 0.15) is 17.1 Å². The van der Waals surface area contributed by atoms with Crippen molar-refractivity contribution in [1.29, 1.82) is 0 Å². The van der Waals surface area contributed by atoms with E-state index in [0.29, 0.717) is 30.2 Å². The third-order valence-electron chi connectivity index (χ3n) is 4.64. The molecule has 0 bridgehead atoms. The van der Waals surface area contributed by atoms with Crippen LogP contribution < -0.4 is 19.9 Å². The number of ether oxygens (including phenoxy) is 2. The number of carbonyl (C=O) groups excluding carboxylic acids is 2. The highest BCUT2D eigenvalue weighted by Gasteiger charge is 2.34. The fourth-order valence-electron chi connectivity index (χ4n) is 3.13. The van der Waals surface area contributed by atoms with Crippen LogP contribution in [0.1, 0.15) is 12.0 Å². The summed E-state index contributed by atoms with van der Waals surface area (Å²) in [5, 5.41) is 1.25. The fourth-order valence-corrected chi connectivity index (χ4v) is 3.13. The van der Waals surface area contributed by atoms with E-state index in [2.05, 4.69) is 5.43 Å². The Kier molecular flexibility index (Phi) is 6.28. The van der Waals surface area contributed by atoms with Crippen LogP contribution in [0.4, 0.5) is 5.69 Å². The average Bonchev–Trinajstić information content (AvgIpc) is 3.09. The predicted molar refractivity (Wildman–Crippen MR) is 119 cm³/mol. The van der Waals surface area contributed by atoms with Crippen LogP contribution in [-0.4, -0.2) is 25.0 Å². The Hall–Kier alpha value is -4.06. The number of hydrogen-bond donors (Lipinski definition) is 1. The highest BCUT2D eigenvalue weighted by Crippen LogP contribution is 2.22. The first-order chi connectivity index (χ1) is 15.2. The Morgan fingerprint density at radius 3 is 2.16 bits per heavy atom. The van der Waals surface area contributed by atoms with E-state index in [1.165, 1.54) is 5.01 Å². The van der Waals surface area contributed by atoms with Crippen LogP contribution in [-0.2, 0) is 9.59 Å². The first kappa shape index (κ1) is 20.2. The zero-order valence-corrected chi connectivity index (χ0v) is 16.9. The van der Waals surface area contributed by atoms with Crippen LogP contribution in [0, 0.1) is 0 Å². The minimum Gasteiger partial charge on any atom is -0.493 e. The van der Waals surface area contributed by atoms with E-state index < -0.39 is 5.91 Å². The van der Waals surface area contributed by atoms with E-state index in [9.17, 15) is 9.59 Å². The average molecular weight is 414 g/mol. The number of para-hydroxylation sites is 2. The van der Waals surface area contributed by atoms with Crippen LogP contribution >= 0.6 is 0 Å².